The van der Waals surface area contributed by atoms with Crippen molar-refractivity contribution < 1.29 is 0 Å². The summed E-state index contributed by atoms with van der Waals surface area (Å²) in [5.74, 6) is 0. The van der Waals surface area contributed by atoms with Crippen molar-refractivity contribution in [3.8, 4) is 112 Å². The Hall–Kier alpha value is -15.6. The highest BCUT2D eigenvalue weighted by Gasteiger charge is 2.20. The van der Waals surface area contributed by atoms with Gasteiger partial charge in [0.15, 0.2) is 0 Å². The summed E-state index contributed by atoms with van der Waals surface area (Å²) in [6.45, 7) is 4.27. The molecule has 0 N–H and O–H groups in total. The number of hydrogen-bond donors (Lipinski definition) is 0. The number of fused-ring (bicyclic) bond motifs is 6. The van der Waals surface area contributed by atoms with Gasteiger partial charge in [-0.05, 0) is 247 Å². The maximum atomic E-state index is 2.38. The maximum absolute atomic E-state index is 2.38. The topological polar surface area (TPSA) is 16.3 Å². The molecule has 0 unspecified atom stereocenters. The average Bonchev–Trinajstić information content (AvgIpc) is 1.59. The first-order valence-electron chi connectivity index (χ1n) is 41.2. The summed E-state index contributed by atoms with van der Waals surface area (Å²) in [4.78, 5) is 4.63. The Bertz CT molecular complexity index is 7150. The molecule has 568 valence electrons. The summed E-state index contributed by atoms with van der Waals surface area (Å²) >= 11 is 0. The molecule has 4 nitrogen and oxygen atoms in total. The number of benzene rings is 19. The Labute approximate surface area is 701 Å². The highest BCUT2D eigenvalue weighted by molar-refractivity contribution is 6.12. The third-order valence-corrected chi connectivity index (χ3v) is 23.4. The normalized spacial score (nSPS) is 11.2. The van der Waals surface area contributed by atoms with Crippen LogP contribution in [0.5, 0.6) is 0 Å². The fraction of sp³-hybridized carbons (Fsp3) is 0.0172. The minimum Gasteiger partial charge on any atom is -0.311 e. The van der Waals surface area contributed by atoms with Crippen LogP contribution in [0.4, 0.5) is 34.1 Å². The van der Waals surface area contributed by atoms with Gasteiger partial charge in [-0.1, -0.05) is 351 Å². The monoisotopic (exact) mass is 1530 g/mol. The molecule has 0 saturated carbocycles. The van der Waals surface area contributed by atoms with Gasteiger partial charge in [0.25, 0.3) is 0 Å². The summed E-state index contributed by atoms with van der Waals surface area (Å²) in [7, 11) is 0. The molecule has 0 atom stereocenters. The molecule has 0 amide bonds. The van der Waals surface area contributed by atoms with Crippen LogP contribution in [-0.4, -0.2) is 9.13 Å². The van der Waals surface area contributed by atoms with E-state index >= 15 is 0 Å². The average molecular weight is 1530 g/mol. The summed E-state index contributed by atoms with van der Waals surface area (Å²) < 4.78 is 4.75. The fourth-order valence-electron chi connectivity index (χ4n) is 17.2. The lowest BCUT2D eigenvalue weighted by molar-refractivity contribution is 1.17. The predicted molar refractivity (Wildman–Crippen MR) is 509 cm³/mol. The molecule has 0 aliphatic heterocycles. The van der Waals surface area contributed by atoms with Crippen molar-refractivity contribution in [2.24, 2.45) is 0 Å². The second-order valence-electron chi connectivity index (χ2n) is 31.0. The van der Waals surface area contributed by atoms with Crippen LogP contribution in [0.2, 0.25) is 0 Å². The SMILES string of the molecule is Cc1ccc(-n2c3ccccc3c3cc(-c4ccc(-c5ccc(-c6ccc(-c7ccc(N(c8ccccc8)c8ccc(-c9ccccc9)cc8)cc7)cc6)cc5)cc4)ccc32)cc1.Cc1ccc(-n2c3ccccc3c3cc(-c4ccc(-c5ccccc5-c5ccc(N(c6ccccc6)c6ccc(-c7ccccc7)cc6)cc5)cc4)ccc32)cc1. The van der Waals surface area contributed by atoms with Crippen LogP contribution in [0.25, 0.3) is 155 Å². The maximum Gasteiger partial charge on any atom is 0.0541 e. The Balaban J connectivity index is 0.000000154. The highest BCUT2D eigenvalue weighted by Crippen LogP contribution is 2.44. The lowest BCUT2D eigenvalue weighted by atomic mass is 9.93. The van der Waals surface area contributed by atoms with Crippen molar-refractivity contribution >= 4 is 77.7 Å². The first-order chi connectivity index (χ1) is 59.3. The molecule has 120 heavy (non-hydrogen) atoms. The van der Waals surface area contributed by atoms with Crippen LogP contribution >= 0.6 is 0 Å². The number of aryl methyl sites for hydroxylation is 2. The molecule has 0 saturated heterocycles. The van der Waals surface area contributed by atoms with Crippen LogP contribution in [0.15, 0.2) is 473 Å². The zero-order valence-corrected chi connectivity index (χ0v) is 66.8. The van der Waals surface area contributed by atoms with Gasteiger partial charge in [0.1, 0.15) is 0 Å². The van der Waals surface area contributed by atoms with Crippen molar-refractivity contribution in [2.75, 3.05) is 9.80 Å². The Morgan fingerprint density at radius 1 is 0.150 bits per heavy atom. The predicted octanol–water partition coefficient (Wildman–Crippen LogP) is 32.1. The second kappa shape index (κ2) is 32.6. The van der Waals surface area contributed by atoms with E-state index < -0.39 is 0 Å². The molecular formula is C116H84N4. The molecule has 0 fully saturated rings. The van der Waals surface area contributed by atoms with Crippen molar-refractivity contribution in [2.45, 2.75) is 13.8 Å². The molecule has 0 bridgehead atoms. The number of nitrogens with zero attached hydrogens (tertiary/aromatic N) is 4. The van der Waals surface area contributed by atoms with E-state index in [2.05, 4.69) is 506 Å². The largest absolute Gasteiger partial charge is 0.311 e. The van der Waals surface area contributed by atoms with Gasteiger partial charge < -0.3 is 18.9 Å². The molecule has 21 aromatic rings. The molecule has 21 rings (SSSR count). The van der Waals surface area contributed by atoms with Crippen molar-refractivity contribution in [1.29, 1.82) is 0 Å². The smallest absolute Gasteiger partial charge is 0.0541 e. The molecule has 0 radical (unpaired) electrons. The van der Waals surface area contributed by atoms with Gasteiger partial charge in [-0.3, -0.25) is 0 Å². The second-order valence-corrected chi connectivity index (χ2v) is 31.0. The Morgan fingerprint density at radius 2 is 0.358 bits per heavy atom. The van der Waals surface area contributed by atoms with E-state index in [1.54, 1.807) is 0 Å². The number of hydrogen-bond acceptors (Lipinski definition) is 2. The van der Waals surface area contributed by atoms with Crippen LogP contribution in [0.1, 0.15) is 11.1 Å². The van der Waals surface area contributed by atoms with E-state index in [0.29, 0.717) is 0 Å². The number of para-hydroxylation sites is 4. The molecule has 0 aliphatic rings. The summed E-state index contributed by atoms with van der Waals surface area (Å²) in [6, 6.07) is 171. The fourth-order valence-corrected chi connectivity index (χ4v) is 17.2. The zero-order chi connectivity index (χ0) is 80.2. The van der Waals surface area contributed by atoms with Crippen molar-refractivity contribution in [1.82, 2.24) is 9.13 Å². The summed E-state index contributed by atoms with van der Waals surface area (Å²) in [5, 5.41) is 5.06. The summed E-state index contributed by atoms with van der Waals surface area (Å²) in [5.41, 5.74) is 38.1. The zero-order valence-electron chi connectivity index (χ0n) is 66.8. The lowest BCUT2D eigenvalue weighted by Gasteiger charge is -2.26. The van der Waals surface area contributed by atoms with E-state index in [9.17, 15) is 0 Å². The van der Waals surface area contributed by atoms with Gasteiger partial charge in [-0.15, -0.1) is 0 Å². The van der Waals surface area contributed by atoms with Crippen LogP contribution in [0.3, 0.4) is 0 Å². The molecular weight excluding hydrogens is 1450 g/mol. The number of aromatic nitrogens is 2. The molecule has 0 spiro atoms. The first-order valence-corrected chi connectivity index (χ1v) is 41.2. The van der Waals surface area contributed by atoms with Gasteiger partial charge >= 0.3 is 0 Å². The van der Waals surface area contributed by atoms with Gasteiger partial charge in [-0.25, -0.2) is 0 Å². The summed E-state index contributed by atoms with van der Waals surface area (Å²) in [6.07, 6.45) is 0. The van der Waals surface area contributed by atoms with E-state index in [4.69, 9.17) is 0 Å². The Morgan fingerprint density at radius 3 is 0.667 bits per heavy atom. The number of anilines is 6. The molecule has 19 aromatic carbocycles. The van der Waals surface area contributed by atoms with Gasteiger partial charge in [0, 0.05) is 67.0 Å². The quantitative estimate of drug-likeness (QED) is 0.0903. The third-order valence-electron chi connectivity index (χ3n) is 23.4. The third kappa shape index (κ3) is 14.7. The van der Waals surface area contributed by atoms with Gasteiger partial charge in [0.05, 0.1) is 22.1 Å². The minimum atomic E-state index is 1.11. The van der Waals surface area contributed by atoms with Crippen molar-refractivity contribution in [3.05, 3.63) is 484 Å². The minimum absolute atomic E-state index is 1.11. The van der Waals surface area contributed by atoms with Gasteiger partial charge in [-0.2, -0.15) is 0 Å². The van der Waals surface area contributed by atoms with Crippen LogP contribution in [0, 0.1) is 13.8 Å². The molecule has 2 aromatic heterocycles. The lowest BCUT2D eigenvalue weighted by Crippen LogP contribution is -2.09. The highest BCUT2D eigenvalue weighted by atomic mass is 15.1. The van der Waals surface area contributed by atoms with E-state index in [-0.39, 0.29) is 0 Å². The first kappa shape index (κ1) is 73.3. The van der Waals surface area contributed by atoms with Crippen molar-refractivity contribution in [3.63, 3.8) is 0 Å². The standard InChI is InChI=1S/C61H44N2.C55H40N2/c1-43-16-35-57(36-17-43)63-60-15-9-8-14-58(60)59-42-53(34-41-61(59)63)52-28-26-48(27-29-52)47-20-18-45(19-21-47)46-22-24-49(25-23-46)51-32-39-56(40-33-51)62(54-12-6-3-7-13-54)55-37-30-50(31-38-55)44-10-4-2-5-11-44;1-39-20-31-49(32-21-39)57-54-19-11-10-18-52(54)53-38-45(30-37-55(53)57)42-22-24-43(25-23-42)50-16-8-9-17-51(50)44-28-35-48(36-29-44)56(46-14-6-3-7-15-46)47-33-26-41(27-34-47)40-12-4-2-5-13-40/h2-42H,1H3;2-38H,1H3. The molecule has 2 heterocycles. The van der Waals surface area contributed by atoms with Crippen LogP contribution < -0.4 is 9.80 Å². The molecule has 4 heteroatoms. The Kier molecular flexibility index (Phi) is 19.9. The van der Waals surface area contributed by atoms with E-state index in [0.717, 1.165) is 34.1 Å². The van der Waals surface area contributed by atoms with E-state index in [1.807, 2.05) is 0 Å². The number of rotatable bonds is 17. The van der Waals surface area contributed by atoms with E-state index in [1.165, 1.54) is 166 Å². The van der Waals surface area contributed by atoms with Crippen LogP contribution in [-0.2, 0) is 0 Å². The van der Waals surface area contributed by atoms with Gasteiger partial charge in [0.2, 0.25) is 0 Å². The molecule has 0 aliphatic carbocycles.